The SMILES string of the molecule is Cc1nn(C)c(=O)c(C(=O)OCc2csc3ccccc23)c1C. The van der Waals surface area contributed by atoms with Crippen molar-refractivity contribution in [3.05, 3.63) is 62.4 Å². The van der Waals surface area contributed by atoms with Crippen molar-refractivity contribution in [1.82, 2.24) is 9.78 Å². The molecule has 0 aliphatic rings. The van der Waals surface area contributed by atoms with Gasteiger partial charge in [0.15, 0.2) is 0 Å². The minimum atomic E-state index is -0.608. The summed E-state index contributed by atoms with van der Waals surface area (Å²) in [5.74, 6) is -0.608. The molecule has 3 aromatic rings. The average Bonchev–Trinajstić information content (AvgIpc) is 2.94. The zero-order valence-electron chi connectivity index (χ0n) is 13.1. The molecule has 0 fully saturated rings. The second-order valence-electron chi connectivity index (χ2n) is 5.35. The van der Waals surface area contributed by atoms with Gasteiger partial charge in [0.1, 0.15) is 12.2 Å². The van der Waals surface area contributed by atoms with Gasteiger partial charge < -0.3 is 4.74 Å². The molecule has 2 aromatic heterocycles. The summed E-state index contributed by atoms with van der Waals surface area (Å²) in [5, 5.41) is 7.11. The molecule has 118 valence electrons. The van der Waals surface area contributed by atoms with Gasteiger partial charge in [-0.25, -0.2) is 9.48 Å². The summed E-state index contributed by atoms with van der Waals surface area (Å²) >= 11 is 1.61. The second-order valence-corrected chi connectivity index (χ2v) is 6.26. The highest BCUT2D eigenvalue weighted by Crippen LogP contribution is 2.26. The first-order chi connectivity index (χ1) is 11.0. The van der Waals surface area contributed by atoms with Crippen LogP contribution in [0.3, 0.4) is 0 Å². The van der Waals surface area contributed by atoms with E-state index < -0.39 is 11.5 Å². The summed E-state index contributed by atoms with van der Waals surface area (Å²) in [4.78, 5) is 24.5. The zero-order chi connectivity index (χ0) is 16.6. The quantitative estimate of drug-likeness (QED) is 0.694. The molecule has 0 aliphatic carbocycles. The summed E-state index contributed by atoms with van der Waals surface area (Å²) in [6.45, 7) is 3.62. The van der Waals surface area contributed by atoms with E-state index >= 15 is 0 Å². The van der Waals surface area contributed by atoms with Crippen LogP contribution in [0.5, 0.6) is 0 Å². The summed E-state index contributed by atoms with van der Waals surface area (Å²) in [6.07, 6.45) is 0. The van der Waals surface area contributed by atoms with Crippen LogP contribution in [-0.2, 0) is 18.4 Å². The van der Waals surface area contributed by atoms with Gasteiger partial charge in [0.05, 0.1) is 5.69 Å². The number of hydrogen-bond donors (Lipinski definition) is 0. The van der Waals surface area contributed by atoms with Crippen LogP contribution in [0.2, 0.25) is 0 Å². The van der Waals surface area contributed by atoms with E-state index in [4.69, 9.17) is 4.74 Å². The minimum absolute atomic E-state index is 0.0551. The lowest BCUT2D eigenvalue weighted by Gasteiger charge is -2.09. The van der Waals surface area contributed by atoms with Gasteiger partial charge in [-0.05, 0) is 36.2 Å². The topological polar surface area (TPSA) is 61.2 Å². The van der Waals surface area contributed by atoms with Crippen molar-refractivity contribution >= 4 is 27.4 Å². The Kier molecular flexibility index (Phi) is 4.00. The third-order valence-corrected chi connectivity index (χ3v) is 4.86. The van der Waals surface area contributed by atoms with E-state index in [1.54, 1.807) is 25.2 Å². The Hall–Kier alpha value is -2.47. The second kappa shape index (κ2) is 5.96. The monoisotopic (exact) mass is 328 g/mol. The van der Waals surface area contributed by atoms with Crippen LogP contribution in [-0.4, -0.2) is 15.7 Å². The molecule has 23 heavy (non-hydrogen) atoms. The molecule has 1 aromatic carbocycles. The third-order valence-electron chi connectivity index (χ3n) is 3.85. The maximum absolute atomic E-state index is 12.4. The molecule has 0 saturated carbocycles. The highest BCUT2D eigenvalue weighted by atomic mass is 32.1. The number of esters is 1. The molecular weight excluding hydrogens is 312 g/mol. The predicted molar refractivity (Wildman–Crippen MR) is 89.9 cm³/mol. The van der Waals surface area contributed by atoms with Crippen LogP contribution in [0.15, 0.2) is 34.4 Å². The van der Waals surface area contributed by atoms with Crippen molar-refractivity contribution in [2.24, 2.45) is 7.05 Å². The lowest BCUT2D eigenvalue weighted by Crippen LogP contribution is -2.29. The van der Waals surface area contributed by atoms with Crippen molar-refractivity contribution in [3.63, 3.8) is 0 Å². The van der Waals surface area contributed by atoms with Crippen molar-refractivity contribution < 1.29 is 9.53 Å². The molecule has 0 N–H and O–H groups in total. The van der Waals surface area contributed by atoms with Gasteiger partial charge in [0.2, 0.25) is 0 Å². The van der Waals surface area contributed by atoms with Crippen LogP contribution in [0.4, 0.5) is 0 Å². The van der Waals surface area contributed by atoms with E-state index in [0.717, 1.165) is 15.6 Å². The smallest absolute Gasteiger partial charge is 0.344 e. The first-order valence-corrected chi connectivity index (χ1v) is 8.03. The van der Waals surface area contributed by atoms with Gasteiger partial charge in [0.25, 0.3) is 5.56 Å². The highest BCUT2D eigenvalue weighted by molar-refractivity contribution is 7.17. The Morgan fingerprint density at radius 2 is 2.04 bits per heavy atom. The van der Waals surface area contributed by atoms with Crippen LogP contribution < -0.4 is 5.56 Å². The predicted octanol–water partition coefficient (Wildman–Crippen LogP) is 2.97. The van der Waals surface area contributed by atoms with Crippen LogP contribution in [0, 0.1) is 13.8 Å². The third kappa shape index (κ3) is 2.77. The molecule has 0 bridgehead atoms. The Morgan fingerprint density at radius 3 is 2.83 bits per heavy atom. The number of ether oxygens (including phenoxy) is 1. The zero-order valence-corrected chi connectivity index (χ0v) is 13.9. The molecule has 0 aliphatic heterocycles. The number of hydrogen-bond acceptors (Lipinski definition) is 5. The molecule has 0 unspecified atom stereocenters. The van der Waals surface area contributed by atoms with Crippen LogP contribution in [0.1, 0.15) is 27.2 Å². The van der Waals surface area contributed by atoms with Crippen molar-refractivity contribution in [2.75, 3.05) is 0 Å². The summed E-state index contributed by atoms with van der Waals surface area (Å²) < 4.78 is 7.69. The van der Waals surface area contributed by atoms with Crippen LogP contribution in [0.25, 0.3) is 10.1 Å². The van der Waals surface area contributed by atoms with Gasteiger partial charge in [-0.3, -0.25) is 4.79 Å². The van der Waals surface area contributed by atoms with E-state index in [9.17, 15) is 9.59 Å². The number of carbonyl (C=O) groups excluding carboxylic acids is 1. The summed E-state index contributed by atoms with van der Waals surface area (Å²) in [7, 11) is 1.53. The Morgan fingerprint density at radius 1 is 1.30 bits per heavy atom. The normalized spacial score (nSPS) is 10.9. The number of fused-ring (bicyclic) bond motifs is 1. The van der Waals surface area contributed by atoms with E-state index in [2.05, 4.69) is 5.10 Å². The first-order valence-electron chi connectivity index (χ1n) is 7.15. The lowest BCUT2D eigenvalue weighted by atomic mass is 10.1. The molecule has 0 radical (unpaired) electrons. The summed E-state index contributed by atoms with van der Waals surface area (Å²) in [6, 6.07) is 7.95. The maximum atomic E-state index is 12.4. The van der Waals surface area contributed by atoms with Crippen molar-refractivity contribution in [3.8, 4) is 0 Å². The number of benzene rings is 1. The molecule has 0 amide bonds. The van der Waals surface area contributed by atoms with Gasteiger partial charge in [0, 0.05) is 17.3 Å². The van der Waals surface area contributed by atoms with Crippen molar-refractivity contribution in [2.45, 2.75) is 20.5 Å². The number of aromatic nitrogens is 2. The molecular formula is C17H16N2O3S. The van der Waals surface area contributed by atoms with Gasteiger partial charge in [-0.15, -0.1) is 11.3 Å². The van der Waals surface area contributed by atoms with Crippen LogP contribution >= 0.6 is 11.3 Å². The number of aryl methyl sites for hydroxylation is 2. The molecule has 3 rings (SSSR count). The minimum Gasteiger partial charge on any atom is -0.457 e. The van der Waals surface area contributed by atoms with Gasteiger partial charge in [-0.2, -0.15) is 5.10 Å². The fraction of sp³-hybridized carbons (Fsp3) is 0.235. The van der Waals surface area contributed by atoms with Crippen molar-refractivity contribution in [1.29, 1.82) is 0 Å². The number of rotatable bonds is 3. The molecule has 0 spiro atoms. The first kappa shape index (κ1) is 15.4. The highest BCUT2D eigenvalue weighted by Gasteiger charge is 2.19. The largest absolute Gasteiger partial charge is 0.457 e. The number of carbonyl (C=O) groups is 1. The Labute approximate surface area is 137 Å². The van der Waals surface area contributed by atoms with E-state index in [-0.39, 0.29) is 12.2 Å². The standard InChI is InChI=1S/C17H16N2O3S/c1-10-11(2)18-19(3)16(20)15(10)17(21)22-8-12-9-23-14-7-5-4-6-13(12)14/h4-7,9H,8H2,1-3H3. The Balaban J connectivity index is 1.87. The van der Waals surface area contributed by atoms with E-state index in [1.807, 2.05) is 29.6 Å². The molecule has 0 saturated heterocycles. The molecule has 2 heterocycles. The van der Waals surface area contributed by atoms with Gasteiger partial charge in [-0.1, -0.05) is 18.2 Å². The summed E-state index contributed by atoms with van der Waals surface area (Å²) in [5.41, 5.74) is 1.76. The number of nitrogens with zero attached hydrogens (tertiary/aromatic N) is 2. The molecule has 5 nitrogen and oxygen atoms in total. The fourth-order valence-electron chi connectivity index (χ4n) is 2.45. The lowest BCUT2D eigenvalue weighted by molar-refractivity contribution is 0.0470. The molecule has 6 heteroatoms. The number of thiophene rings is 1. The fourth-order valence-corrected chi connectivity index (χ4v) is 3.40. The average molecular weight is 328 g/mol. The maximum Gasteiger partial charge on any atom is 0.344 e. The molecule has 0 atom stereocenters. The Bertz CT molecular complexity index is 956. The van der Waals surface area contributed by atoms with E-state index in [0.29, 0.717) is 11.3 Å². The van der Waals surface area contributed by atoms with Gasteiger partial charge >= 0.3 is 5.97 Å². The van der Waals surface area contributed by atoms with E-state index in [1.165, 1.54) is 11.7 Å².